The van der Waals surface area contributed by atoms with Gasteiger partial charge in [-0.1, -0.05) is 30.0 Å². The molecule has 0 aliphatic rings. The Balaban J connectivity index is 1.44. The smallest absolute Gasteiger partial charge is 0.230 e. The fourth-order valence-corrected chi connectivity index (χ4v) is 4.06. The summed E-state index contributed by atoms with van der Waals surface area (Å²) in [7, 11) is 0. The molecule has 0 spiro atoms. The van der Waals surface area contributed by atoms with Crippen LogP contribution in [0.2, 0.25) is 0 Å². The number of amides is 1. The van der Waals surface area contributed by atoms with Gasteiger partial charge in [0.1, 0.15) is 12.4 Å². The second-order valence-electron chi connectivity index (χ2n) is 5.83. The van der Waals surface area contributed by atoms with E-state index < -0.39 is 0 Å². The van der Waals surface area contributed by atoms with Crippen LogP contribution in [0.4, 0.5) is 0 Å². The van der Waals surface area contributed by atoms with Gasteiger partial charge in [-0.2, -0.15) is 0 Å². The summed E-state index contributed by atoms with van der Waals surface area (Å²) in [5.74, 6) is 1.92. The molecule has 1 aromatic carbocycles. The monoisotopic (exact) mass is 402 g/mol. The van der Waals surface area contributed by atoms with E-state index in [0.29, 0.717) is 18.9 Å². The molecule has 3 aromatic rings. The molecule has 0 fully saturated rings. The maximum atomic E-state index is 12.1. The lowest BCUT2D eigenvalue weighted by molar-refractivity contribution is -0.118. The molecule has 0 saturated carbocycles. The summed E-state index contributed by atoms with van der Waals surface area (Å²) in [5, 5.41) is 14.2. The second-order valence-corrected chi connectivity index (χ2v) is 7.72. The molecule has 142 valence electrons. The number of nitrogens with one attached hydrogen (secondary N) is 1. The number of nitrogens with zero attached hydrogens (tertiary/aromatic N) is 3. The molecule has 0 aliphatic heterocycles. The van der Waals surface area contributed by atoms with Crippen molar-refractivity contribution in [2.75, 3.05) is 18.9 Å². The SMILES string of the molecule is CCn1c(SCC(=O)NCCOc2cccc(C)c2)nnc1-c1cccs1. The van der Waals surface area contributed by atoms with Crippen LogP contribution in [0.1, 0.15) is 12.5 Å². The van der Waals surface area contributed by atoms with Gasteiger partial charge in [-0.05, 0) is 43.0 Å². The lowest BCUT2D eigenvalue weighted by atomic mass is 10.2. The molecule has 1 N–H and O–H groups in total. The second kappa shape index (κ2) is 9.57. The lowest BCUT2D eigenvalue weighted by Crippen LogP contribution is -2.29. The minimum absolute atomic E-state index is 0.0452. The van der Waals surface area contributed by atoms with E-state index in [-0.39, 0.29) is 5.91 Å². The Labute approximate surface area is 167 Å². The van der Waals surface area contributed by atoms with Crippen LogP contribution in [0.5, 0.6) is 5.75 Å². The number of rotatable bonds is 9. The molecular formula is C19H22N4O2S2. The Hall–Kier alpha value is -2.32. The average Bonchev–Trinajstić information content (AvgIpc) is 3.32. The maximum absolute atomic E-state index is 12.1. The van der Waals surface area contributed by atoms with Crippen molar-refractivity contribution in [1.29, 1.82) is 0 Å². The molecule has 0 bridgehead atoms. The van der Waals surface area contributed by atoms with Crippen molar-refractivity contribution in [3.8, 4) is 16.5 Å². The van der Waals surface area contributed by atoms with Crippen molar-refractivity contribution < 1.29 is 9.53 Å². The van der Waals surface area contributed by atoms with Crippen LogP contribution in [0.15, 0.2) is 46.9 Å². The zero-order valence-corrected chi connectivity index (χ0v) is 17.0. The largest absolute Gasteiger partial charge is 0.492 e. The molecule has 0 atom stereocenters. The molecule has 0 unspecified atom stereocenters. The fourth-order valence-electron chi connectivity index (χ4n) is 2.51. The van der Waals surface area contributed by atoms with Gasteiger partial charge < -0.3 is 14.6 Å². The molecule has 2 aromatic heterocycles. The molecule has 27 heavy (non-hydrogen) atoms. The van der Waals surface area contributed by atoms with Crippen LogP contribution in [0.3, 0.4) is 0 Å². The van der Waals surface area contributed by atoms with E-state index in [1.165, 1.54) is 11.8 Å². The third-order valence-corrected chi connectivity index (χ3v) is 5.62. The van der Waals surface area contributed by atoms with Crippen molar-refractivity contribution in [2.24, 2.45) is 0 Å². The Morgan fingerprint density at radius 2 is 2.19 bits per heavy atom. The fraction of sp³-hybridized carbons (Fsp3) is 0.316. The normalized spacial score (nSPS) is 10.7. The first-order chi connectivity index (χ1) is 13.2. The number of carbonyl (C=O) groups excluding carboxylic acids is 1. The molecule has 3 rings (SSSR count). The van der Waals surface area contributed by atoms with E-state index in [1.54, 1.807) is 11.3 Å². The molecule has 0 radical (unpaired) electrons. The minimum atomic E-state index is -0.0452. The van der Waals surface area contributed by atoms with E-state index in [0.717, 1.165) is 33.7 Å². The third kappa shape index (κ3) is 5.33. The van der Waals surface area contributed by atoms with Gasteiger partial charge in [-0.3, -0.25) is 4.79 Å². The summed E-state index contributed by atoms with van der Waals surface area (Å²) < 4.78 is 7.67. The van der Waals surface area contributed by atoms with E-state index >= 15 is 0 Å². The average molecular weight is 403 g/mol. The van der Waals surface area contributed by atoms with Crippen molar-refractivity contribution in [3.05, 3.63) is 47.3 Å². The van der Waals surface area contributed by atoms with Gasteiger partial charge in [0.2, 0.25) is 5.91 Å². The van der Waals surface area contributed by atoms with E-state index in [2.05, 4.69) is 15.5 Å². The van der Waals surface area contributed by atoms with Gasteiger partial charge in [0.15, 0.2) is 11.0 Å². The Morgan fingerprint density at radius 1 is 1.30 bits per heavy atom. The number of ether oxygens (including phenoxy) is 1. The number of benzene rings is 1. The minimum Gasteiger partial charge on any atom is -0.492 e. The summed E-state index contributed by atoms with van der Waals surface area (Å²) in [4.78, 5) is 13.2. The van der Waals surface area contributed by atoms with Crippen LogP contribution < -0.4 is 10.1 Å². The Kier molecular flexibility index (Phi) is 6.89. The van der Waals surface area contributed by atoms with Crippen LogP contribution in [-0.2, 0) is 11.3 Å². The summed E-state index contributed by atoms with van der Waals surface area (Å²) >= 11 is 3.03. The lowest BCUT2D eigenvalue weighted by Gasteiger charge is -2.09. The van der Waals surface area contributed by atoms with Crippen molar-refractivity contribution in [3.63, 3.8) is 0 Å². The number of hydrogen-bond acceptors (Lipinski definition) is 6. The Morgan fingerprint density at radius 3 is 2.93 bits per heavy atom. The van der Waals surface area contributed by atoms with E-state index in [9.17, 15) is 4.79 Å². The molecule has 2 heterocycles. The third-order valence-electron chi connectivity index (χ3n) is 3.79. The first-order valence-electron chi connectivity index (χ1n) is 8.73. The standard InChI is InChI=1S/C19H22N4O2S2/c1-3-23-18(16-8-5-11-26-16)21-22-19(23)27-13-17(24)20-9-10-25-15-7-4-6-14(2)12-15/h4-8,11-12H,3,9-10,13H2,1-2H3,(H,20,24). The van der Waals surface area contributed by atoms with Crippen molar-refractivity contribution >= 4 is 29.0 Å². The number of carbonyl (C=O) groups is 1. The first-order valence-corrected chi connectivity index (χ1v) is 10.6. The van der Waals surface area contributed by atoms with E-state index in [4.69, 9.17) is 4.74 Å². The quantitative estimate of drug-likeness (QED) is 0.437. The van der Waals surface area contributed by atoms with Gasteiger partial charge >= 0.3 is 0 Å². The number of aryl methyl sites for hydroxylation is 1. The molecule has 6 nitrogen and oxygen atoms in total. The van der Waals surface area contributed by atoms with Gasteiger partial charge in [0.25, 0.3) is 0 Å². The molecular weight excluding hydrogens is 380 g/mol. The highest BCUT2D eigenvalue weighted by molar-refractivity contribution is 7.99. The number of thioether (sulfide) groups is 1. The highest BCUT2D eigenvalue weighted by atomic mass is 32.2. The topological polar surface area (TPSA) is 69.0 Å². The number of thiophene rings is 1. The number of hydrogen-bond donors (Lipinski definition) is 1. The molecule has 0 aliphatic carbocycles. The summed E-state index contributed by atoms with van der Waals surface area (Å²) in [6, 6.07) is 11.9. The van der Waals surface area contributed by atoms with Crippen LogP contribution in [-0.4, -0.2) is 39.6 Å². The van der Waals surface area contributed by atoms with Gasteiger partial charge in [-0.15, -0.1) is 21.5 Å². The number of aromatic nitrogens is 3. The maximum Gasteiger partial charge on any atom is 0.230 e. The van der Waals surface area contributed by atoms with E-state index in [1.807, 2.05) is 60.2 Å². The van der Waals surface area contributed by atoms with Crippen molar-refractivity contribution in [2.45, 2.75) is 25.5 Å². The van der Waals surface area contributed by atoms with Crippen LogP contribution in [0, 0.1) is 6.92 Å². The molecule has 1 amide bonds. The summed E-state index contributed by atoms with van der Waals surface area (Å²) in [6.45, 7) is 5.73. The Bertz CT molecular complexity index is 878. The summed E-state index contributed by atoms with van der Waals surface area (Å²) in [6.07, 6.45) is 0. The zero-order valence-electron chi connectivity index (χ0n) is 15.3. The van der Waals surface area contributed by atoms with Crippen LogP contribution in [0.25, 0.3) is 10.7 Å². The predicted molar refractivity (Wildman–Crippen MR) is 109 cm³/mol. The first kappa shape index (κ1) is 19.4. The zero-order chi connectivity index (χ0) is 19.1. The molecule has 8 heteroatoms. The summed E-state index contributed by atoms with van der Waals surface area (Å²) in [5.41, 5.74) is 1.15. The van der Waals surface area contributed by atoms with Gasteiger partial charge in [0.05, 0.1) is 17.2 Å². The van der Waals surface area contributed by atoms with Crippen LogP contribution >= 0.6 is 23.1 Å². The van der Waals surface area contributed by atoms with Gasteiger partial charge in [0, 0.05) is 6.54 Å². The highest BCUT2D eigenvalue weighted by Crippen LogP contribution is 2.26. The van der Waals surface area contributed by atoms with Crippen molar-refractivity contribution in [1.82, 2.24) is 20.1 Å². The predicted octanol–water partition coefficient (Wildman–Crippen LogP) is 3.62. The van der Waals surface area contributed by atoms with Gasteiger partial charge in [-0.25, -0.2) is 0 Å². The highest BCUT2D eigenvalue weighted by Gasteiger charge is 2.15. The molecule has 0 saturated heterocycles.